The third-order valence-corrected chi connectivity index (χ3v) is 7.93. The quantitative estimate of drug-likeness (QED) is 0.381. The molecule has 0 spiro atoms. The molecule has 1 aromatic heterocycles. The van der Waals surface area contributed by atoms with E-state index in [2.05, 4.69) is 5.32 Å². The highest BCUT2D eigenvalue weighted by molar-refractivity contribution is 5.89. The smallest absolute Gasteiger partial charge is 0.387 e. The van der Waals surface area contributed by atoms with Gasteiger partial charge in [0.1, 0.15) is 12.2 Å². The van der Waals surface area contributed by atoms with Gasteiger partial charge in [-0.15, -0.1) is 0 Å². The van der Waals surface area contributed by atoms with Gasteiger partial charge in [-0.1, -0.05) is 55.5 Å². The number of aromatic amines is 1. The van der Waals surface area contributed by atoms with Crippen LogP contribution in [0.5, 0.6) is 0 Å². The van der Waals surface area contributed by atoms with Crippen LogP contribution in [-0.2, 0) is 21.4 Å². The SMILES string of the molecule is CCc1cn([C@@H]2O[C@H](CNC(=O)C3c4ccccc4C(C(F)(F)F)(C(F)(F)F)c4ccccc43)[C@@H](O)[C@@H]2F)c(=O)[nH]c1=O. The zero-order valence-electron chi connectivity index (χ0n) is 22.2. The minimum Gasteiger partial charge on any atom is -0.387 e. The average molecular weight is 616 g/mol. The van der Waals surface area contributed by atoms with Gasteiger partial charge < -0.3 is 15.2 Å². The second-order valence-corrected chi connectivity index (χ2v) is 10.3. The standard InChI is InChI=1S/C28H24F7N3O5/c1-2-13-12-38(25(42)37-22(13)40)24-20(29)21(39)18(43-24)11-36-23(41)19-14-7-3-5-9-16(14)26(27(30,31)32,28(33,34)35)17-10-6-4-8-15(17)19/h3-10,12,18-21,24,39H,2,11H2,1H3,(H,36,41)(H,37,40,42)/t18-,20+,21-,24-/m1/s1. The Kier molecular flexibility index (Phi) is 7.53. The van der Waals surface area contributed by atoms with Crippen LogP contribution in [0.25, 0.3) is 0 Å². The van der Waals surface area contributed by atoms with Gasteiger partial charge in [-0.05, 0) is 28.7 Å². The molecule has 2 aromatic carbocycles. The Morgan fingerprint density at radius 2 is 1.53 bits per heavy atom. The van der Waals surface area contributed by atoms with Crippen molar-refractivity contribution in [2.75, 3.05) is 6.54 Å². The lowest BCUT2D eigenvalue weighted by atomic mass is 9.62. The van der Waals surface area contributed by atoms with Crippen molar-refractivity contribution in [1.29, 1.82) is 0 Å². The van der Waals surface area contributed by atoms with E-state index >= 15 is 4.39 Å². The molecule has 1 saturated heterocycles. The summed E-state index contributed by atoms with van der Waals surface area (Å²) in [5, 5.41) is 12.8. The van der Waals surface area contributed by atoms with Crippen LogP contribution in [0.15, 0.2) is 64.3 Å². The van der Waals surface area contributed by atoms with Crippen LogP contribution in [0, 0.1) is 0 Å². The number of alkyl halides is 7. The minimum atomic E-state index is -5.83. The third-order valence-electron chi connectivity index (χ3n) is 7.93. The highest BCUT2D eigenvalue weighted by Gasteiger charge is 2.75. The maximum Gasteiger partial charge on any atom is 0.411 e. The maximum atomic E-state index is 15.1. The molecule has 2 heterocycles. The summed E-state index contributed by atoms with van der Waals surface area (Å²) in [6.07, 6.45) is -17.6. The Bertz CT molecular complexity index is 1600. The number of ether oxygens (including phenoxy) is 1. The summed E-state index contributed by atoms with van der Waals surface area (Å²) in [5.41, 5.74) is -9.36. The number of benzene rings is 2. The van der Waals surface area contributed by atoms with Crippen LogP contribution >= 0.6 is 0 Å². The van der Waals surface area contributed by atoms with Crippen molar-refractivity contribution in [2.24, 2.45) is 0 Å². The van der Waals surface area contributed by atoms with Gasteiger partial charge in [-0.3, -0.25) is 19.1 Å². The molecule has 1 aliphatic carbocycles. The number of aliphatic hydroxyl groups is 1. The maximum absolute atomic E-state index is 15.1. The number of nitrogens with one attached hydrogen (secondary N) is 2. The summed E-state index contributed by atoms with van der Waals surface area (Å²) >= 11 is 0. The predicted molar refractivity (Wildman–Crippen MR) is 136 cm³/mol. The number of rotatable bonds is 5. The molecular formula is C28H24F7N3O5. The number of hydrogen-bond donors (Lipinski definition) is 3. The number of carbonyl (C=O) groups excluding carboxylic acids is 1. The number of fused-ring (bicyclic) bond motifs is 2. The second kappa shape index (κ2) is 10.6. The zero-order chi connectivity index (χ0) is 31.5. The average Bonchev–Trinajstić information content (AvgIpc) is 3.21. The summed E-state index contributed by atoms with van der Waals surface area (Å²) < 4.78 is 109. The van der Waals surface area contributed by atoms with E-state index in [-0.39, 0.29) is 12.0 Å². The molecule has 43 heavy (non-hydrogen) atoms. The van der Waals surface area contributed by atoms with Crippen LogP contribution in [0.3, 0.4) is 0 Å². The molecule has 230 valence electrons. The summed E-state index contributed by atoms with van der Waals surface area (Å²) in [7, 11) is 0. The lowest BCUT2D eigenvalue weighted by molar-refractivity contribution is -0.289. The first-order valence-corrected chi connectivity index (χ1v) is 13.1. The first-order valence-electron chi connectivity index (χ1n) is 13.1. The number of carbonyl (C=O) groups is 1. The van der Waals surface area contributed by atoms with E-state index in [1.54, 1.807) is 6.92 Å². The summed E-state index contributed by atoms with van der Waals surface area (Å²) in [6, 6.07) is 7.82. The van der Waals surface area contributed by atoms with Gasteiger partial charge in [0.15, 0.2) is 12.4 Å². The molecule has 1 amide bonds. The lowest BCUT2D eigenvalue weighted by Crippen LogP contribution is -2.58. The number of H-pyrrole nitrogens is 1. The van der Waals surface area contributed by atoms with Gasteiger partial charge in [0, 0.05) is 18.3 Å². The molecule has 1 aliphatic heterocycles. The number of aliphatic hydroxyl groups excluding tert-OH is 1. The van der Waals surface area contributed by atoms with E-state index in [0.717, 1.165) is 35.0 Å². The van der Waals surface area contributed by atoms with Gasteiger partial charge in [-0.25, -0.2) is 9.18 Å². The summed E-state index contributed by atoms with van der Waals surface area (Å²) in [4.78, 5) is 39.7. The fourth-order valence-electron chi connectivity index (χ4n) is 5.91. The third kappa shape index (κ3) is 4.65. The molecule has 5 rings (SSSR count). The van der Waals surface area contributed by atoms with Crippen molar-refractivity contribution < 1.29 is 45.4 Å². The molecule has 15 heteroatoms. The van der Waals surface area contributed by atoms with Crippen molar-refractivity contribution >= 4 is 5.91 Å². The van der Waals surface area contributed by atoms with Crippen LogP contribution in [0.2, 0.25) is 0 Å². The largest absolute Gasteiger partial charge is 0.411 e. The Morgan fingerprint density at radius 1 is 1.00 bits per heavy atom. The number of aromatic nitrogens is 2. The molecule has 8 nitrogen and oxygen atoms in total. The molecule has 3 aromatic rings. The van der Waals surface area contributed by atoms with E-state index < -0.39 is 94.2 Å². The Labute approximate surface area is 238 Å². The van der Waals surface area contributed by atoms with Crippen molar-refractivity contribution in [3.63, 3.8) is 0 Å². The van der Waals surface area contributed by atoms with Gasteiger partial charge in [0.25, 0.3) is 5.56 Å². The topological polar surface area (TPSA) is 113 Å². The summed E-state index contributed by atoms with van der Waals surface area (Å²) in [6.45, 7) is 1.00. The van der Waals surface area contributed by atoms with Crippen LogP contribution in [0.1, 0.15) is 46.9 Å². The first kappa shape index (κ1) is 30.5. The van der Waals surface area contributed by atoms with Crippen LogP contribution < -0.4 is 16.6 Å². The molecule has 3 N–H and O–H groups in total. The van der Waals surface area contributed by atoms with Crippen LogP contribution in [0.4, 0.5) is 30.7 Å². The van der Waals surface area contributed by atoms with E-state index in [9.17, 15) is 45.8 Å². The van der Waals surface area contributed by atoms with Gasteiger partial charge in [-0.2, -0.15) is 26.3 Å². The monoisotopic (exact) mass is 615 g/mol. The number of amides is 1. The second-order valence-electron chi connectivity index (χ2n) is 10.3. The minimum absolute atomic E-state index is 0.130. The number of aryl methyl sites for hydroxylation is 1. The molecule has 1 fully saturated rings. The number of halogens is 7. The molecule has 0 bridgehead atoms. The van der Waals surface area contributed by atoms with Crippen LogP contribution in [-0.4, -0.2) is 57.8 Å². The molecule has 2 aliphatic rings. The van der Waals surface area contributed by atoms with Crippen molar-refractivity contribution in [1.82, 2.24) is 14.9 Å². The highest BCUT2D eigenvalue weighted by atomic mass is 19.4. The summed E-state index contributed by atoms with van der Waals surface area (Å²) in [5.74, 6) is -2.66. The Morgan fingerprint density at radius 3 is 2.05 bits per heavy atom. The number of nitrogens with zero attached hydrogens (tertiary/aromatic N) is 1. The van der Waals surface area contributed by atoms with E-state index in [4.69, 9.17) is 4.74 Å². The molecule has 0 saturated carbocycles. The predicted octanol–water partition coefficient (Wildman–Crippen LogP) is 3.37. The molecule has 4 atom stereocenters. The van der Waals surface area contributed by atoms with Crippen molar-refractivity contribution in [3.8, 4) is 0 Å². The Hall–Kier alpha value is -3.98. The molecule has 0 radical (unpaired) electrons. The molecular weight excluding hydrogens is 591 g/mol. The molecule has 0 unspecified atom stereocenters. The number of hydrogen-bond acceptors (Lipinski definition) is 5. The first-order chi connectivity index (χ1) is 20.1. The van der Waals surface area contributed by atoms with E-state index in [1.165, 1.54) is 12.1 Å². The van der Waals surface area contributed by atoms with Gasteiger partial charge >= 0.3 is 18.0 Å². The lowest BCUT2D eigenvalue weighted by Gasteiger charge is -2.45. The van der Waals surface area contributed by atoms with Crippen molar-refractivity contribution in [3.05, 3.63) is 103 Å². The highest BCUT2D eigenvalue weighted by Crippen LogP contribution is 2.61. The fourth-order valence-corrected chi connectivity index (χ4v) is 5.91. The normalized spacial score (nSPS) is 23.5. The van der Waals surface area contributed by atoms with Gasteiger partial charge in [0.2, 0.25) is 11.3 Å². The van der Waals surface area contributed by atoms with E-state index in [0.29, 0.717) is 12.1 Å². The van der Waals surface area contributed by atoms with Crippen molar-refractivity contribution in [2.45, 2.75) is 61.6 Å². The fraction of sp³-hybridized carbons (Fsp3) is 0.393. The van der Waals surface area contributed by atoms with Gasteiger partial charge in [0.05, 0.1) is 5.92 Å². The zero-order valence-corrected chi connectivity index (χ0v) is 22.2. The van der Waals surface area contributed by atoms with E-state index in [1.807, 2.05) is 4.98 Å². The Balaban J connectivity index is 1.48.